The number of hydrogen-bond acceptors (Lipinski definition) is 6. The Labute approximate surface area is 141 Å². The molecule has 1 aromatic carbocycles. The number of pyridine rings is 1. The molecule has 1 N–H and O–H groups in total. The number of aromatic nitrogens is 1. The first-order valence-electron chi connectivity index (χ1n) is 6.85. The zero-order valence-corrected chi connectivity index (χ0v) is 13.9. The Morgan fingerprint density at radius 3 is 2.91 bits per heavy atom. The van der Waals surface area contributed by atoms with Crippen molar-refractivity contribution < 1.29 is 14.5 Å². The normalized spacial score (nSPS) is 10.2. The van der Waals surface area contributed by atoms with Crippen LogP contribution in [0, 0.1) is 10.1 Å². The molecular weight excluding hydrogens is 366 g/mol. The second-order valence-corrected chi connectivity index (χ2v) is 5.54. The van der Waals surface area contributed by atoms with E-state index in [9.17, 15) is 14.9 Å². The van der Waals surface area contributed by atoms with Gasteiger partial charge in [-0.1, -0.05) is 13.0 Å². The lowest BCUT2D eigenvalue weighted by atomic mass is 10.2. The van der Waals surface area contributed by atoms with Crippen molar-refractivity contribution in [2.75, 3.05) is 11.9 Å². The molecule has 7 nitrogen and oxygen atoms in total. The van der Waals surface area contributed by atoms with E-state index in [0.717, 1.165) is 6.42 Å². The van der Waals surface area contributed by atoms with Crippen molar-refractivity contribution in [2.45, 2.75) is 13.3 Å². The lowest BCUT2D eigenvalue weighted by Crippen LogP contribution is -2.06. The van der Waals surface area contributed by atoms with E-state index in [1.54, 1.807) is 24.3 Å². The van der Waals surface area contributed by atoms with E-state index >= 15 is 0 Å². The van der Waals surface area contributed by atoms with Gasteiger partial charge in [0.1, 0.15) is 0 Å². The topological polar surface area (TPSA) is 94.4 Å². The number of esters is 1. The molecule has 0 saturated carbocycles. The van der Waals surface area contributed by atoms with E-state index in [0.29, 0.717) is 22.3 Å². The van der Waals surface area contributed by atoms with Crippen molar-refractivity contribution in [2.24, 2.45) is 0 Å². The number of anilines is 2. The maximum absolute atomic E-state index is 11.8. The average Bonchev–Trinajstić information content (AvgIpc) is 2.54. The van der Waals surface area contributed by atoms with Crippen LogP contribution in [0.3, 0.4) is 0 Å². The van der Waals surface area contributed by atoms with Crippen LogP contribution >= 0.6 is 15.9 Å². The van der Waals surface area contributed by atoms with Crippen LogP contribution < -0.4 is 5.32 Å². The fraction of sp³-hybridized carbons (Fsp3) is 0.200. The fourth-order valence-corrected chi connectivity index (χ4v) is 2.12. The van der Waals surface area contributed by atoms with Crippen LogP contribution in [0.4, 0.5) is 17.2 Å². The zero-order chi connectivity index (χ0) is 16.8. The average molecular weight is 380 g/mol. The standard InChI is InChI=1S/C15H14BrN3O4/c1-2-6-23-15(20)10-4-3-5-12(7-10)18-14-13(19(21)22)8-11(16)9-17-14/h3-5,7-9H,2,6H2,1H3,(H,17,18). The summed E-state index contributed by atoms with van der Waals surface area (Å²) >= 11 is 3.15. The number of nitrogens with one attached hydrogen (secondary N) is 1. The summed E-state index contributed by atoms with van der Waals surface area (Å²) in [4.78, 5) is 26.4. The van der Waals surface area contributed by atoms with Crippen molar-refractivity contribution in [3.05, 3.63) is 56.7 Å². The van der Waals surface area contributed by atoms with Crippen LogP contribution in [0.25, 0.3) is 0 Å². The van der Waals surface area contributed by atoms with Gasteiger partial charge < -0.3 is 10.1 Å². The minimum Gasteiger partial charge on any atom is -0.462 e. The number of nitro groups is 1. The third-order valence-corrected chi connectivity index (χ3v) is 3.26. The molecule has 0 atom stereocenters. The summed E-state index contributed by atoms with van der Waals surface area (Å²) in [5.74, 6) is -0.342. The molecule has 0 radical (unpaired) electrons. The first-order valence-corrected chi connectivity index (χ1v) is 7.64. The Morgan fingerprint density at radius 1 is 1.43 bits per heavy atom. The molecule has 1 heterocycles. The van der Waals surface area contributed by atoms with Gasteiger partial charge in [-0.2, -0.15) is 0 Å². The molecule has 0 aliphatic carbocycles. The molecule has 120 valence electrons. The molecule has 8 heteroatoms. The van der Waals surface area contributed by atoms with Crippen LogP contribution in [-0.4, -0.2) is 22.5 Å². The monoisotopic (exact) mass is 379 g/mol. The van der Waals surface area contributed by atoms with Crippen molar-refractivity contribution in [3.63, 3.8) is 0 Å². The molecule has 2 rings (SSSR count). The Balaban J connectivity index is 2.24. The summed E-state index contributed by atoms with van der Waals surface area (Å²) in [6.07, 6.45) is 2.19. The Morgan fingerprint density at radius 2 is 2.22 bits per heavy atom. The van der Waals surface area contributed by atoms with Crippen LogP contribution in [-0.2, 0) is 4.74 Å². The summed E-state index contributed by atoms with van der Waals surface area (Å²) in [5, 5.41) is 13.9. The molecule has 0 unspecified atom stereocenters. The molecule has 0 bridgehead atoms. The number of halogens is 1. The number of carbonyl (C=O) groups is 1. The third kappa shape index (κ3) is 4.49. The van der Waals surface area contributed by atoms with Gasteiger partial charge in [-0.3, -0.25) is 10.1 Å². The Kier molecular flexibility index (Phi) is 5.64. The highest BCUT2D eigenvalue weighted by molar-refractivity contribution is 9.10. The second kappa shape index (κ2) is 7.68. The van der Waals surface area contributed by atoms with Crippen LogP contribution in [0.1, 0.15) is 23.7 Å². The van der Waals surface area contributed by atoms with Crippen LogP contribution in [0.2, 0.25) is 0 Å². The van der Waals surface area contributed by atoms with Crippen molar-refractivity contribution in [1.29, 1.82) is 0 Å². The molecule has 0 aliphatic heterocycles. The van der Waals surface area contributed by atoms with E-state index in [1.807, 2.05) is 6.92 Å². The lowest BCUT2D eigenvalue weighted by molar-refractivity contribution is -0.384. The summed E-state index contributed by atoms with van der Waals surface area (Å²) < 4.78 is 5.57. The van der Waals surface area contributed by atoms with Gasteiger partial charge in [0.25, 0.3) is 0 Å². The minimum absolute atomic E-state index is 0.0947. The Hall–Kier alpha value is -2.48. The molecule has 0 spiro atoms. The highest BCUT2D eigenvalue weighted by atomic mass is 79.9. The molecule has 0 aliphatic rings. The van der Waals surface area contributed by atoms with Gasteiger partial charge in [-0.05, 0) is 40.5 Å². The van der Waals surface area contributed by atoms with E-state index in [1.165, 1.54) is 12.3 Å². The summed E-state index contributed by atoms with van der Waals surface area (Å²) in [5.41, 5.74) is 0.704. The van der Waals surface area contributed by atoms with Crippen molar-refractivity contribution in [3.8, 4) is 0 Å². The minimum atomic E-state index is -0.528. The maximum Gasteiger partial charge on any atom is 0.338 e. The van der Waals surface area contributed by atoms with Crippen molar-refractivity contribution >= 4 is 39.1 Å². The van der Waals surface area contributed by atoms with Crippen LogP contribution in [0.5, 0.6) is 0 Å². The van der Waals surface area contributed by atoms with Gasteiger partial charge in [-0.15, -0.1) is 0 Å². The number of ether oxygens (including phenoxy) is 1. The van der Waals surface area contributed by atoms with Crippen LogP contribution in [0.15, 0.2) is 41.0 Å². The number of benzene rings is 1. The maximum atomic E-state index is 11.8. The van der Waals surface area contributed by atoms with Gasteiger partial charge in [0, 0.05) is 22.4 Å². The van der Waals surface area contributed by atoms with E-state index in [-0.39, 0.29) is 11.5 Å². The zero-order valence-electron chi connectivity index (χ0n) is 12.3. The third-order valence-electron chi connectivity index (χ3n) is 2.83. The van der Waals surface area contributed by atoms with Crippen molar-refractivity contribution in [1.82, 2.24) is 4.98 Å². The molecule has 0 amide bonds. The van der Waals surface area contributed by atoms with Gasteiger partial charge in [0.15, 0.2) is 0 Å². The fourth-order valence-electron chi connectivity index (χ4n) is 1.80. The number of rotatable bonds is 6. The summed E-state index contributed by atoms with van der Waals surface area (Å²) in [6.45, 7) is 2.25. The number of nitrogens with zero attached hydrogens (tertiary/aromatic N) is 2. The first-order chi connectivity index (χ1) is 11.0. The van der Waals surface area contributed by atoms with E-state index in [4.69, 9.17) is 4.74 Å². The number of carbonyl (C=O) groups excluding carboxylic acids is 1. The molecule has 23 heavy (non-hydrogen) atoms. The summed E-state index contributed by atoms with van der Waals surface area (Å²) in [7, 11) is 0. The first kappa shape index (κ1) is 16.9. The van der Waals surface area contributed by atoms with Gasteiger partial charge in [0.05, 0.1) is 17.1 Å². The molecule has 0 fully saturated rings. The summed E-state index contributed by atoms with van der Waals surface area (Å²) in [6, 6.07) is 7.88. The number of hydrogen-bond donors (Lipinski definition) is 1. The second-order valence-electron chi connectivity index (χ2n) is 4.62. The van der Waals surface area contributed by atoms with Gasteiger partial charge in [0.2, 0.25) is 5.82 Å². The Bertz CT molecular complexity index is 736. The lowest BCUT2D eigenvalue weighted by Gasteiger charge is -2.08. The smallest absolute Gasteiger partial charge is 0.338 e. The largest absolute Gasteiger partial charge is 0.462 e. The molecule has 2 aromatic rings. The molecule has 0 saturated heterocycles. The van der Waals surface area contributed by atoms with Gasteiger partial charge in [-0.25, -0.2) is 9.78 Å². The SMILES string of the molecule is CCCOC(=O)c1cccc(Nc2ncc(Br)cc2[N+](=O)[O-])c1. The predicted molar refractivity (Wildman–Crippen MR) is 88.9 cm³/mol. The quantitative estimate of drug-likeness (QED) is 0.461. The predicted octanol–water partition coefficient (Wildman–Crippen LogP) is 4.06. The highest BCUT2D eigenvalue weighted by Gasteiger charge is 2.16. The molecule has 1 aromatic heterocycles. The van der Waals surface area contributed by atoms with E-state index < -0.39 is 10.9 Å². The van der Waals surface area contributed by atoms with Gasteiger partial charge >= 0.3 is 11.7 Å². The highest BCUT2D eigenvalue weighted by Crippen LogP contribution is 2.28. The van der Waals surface area contributed by atoms with E-state index in [2.05, 4.69) is 26.2 Å². The molecular formula is C15H14BrN3O4.